The van der Waals surface area contributed by atoms with Crippen LogP contribution in [0.4, 0.5) is 0 Å². The van der Waals surface area contributed by atoms with Gasteiger partial charge in [0.05, 0.1) is 26.5 Å². The molecule has 7 nitrogen and oxygen atoms in total. The number of carbonyl (C=O) groups excluding carboxylic acids is 1. The molecule has 0 unspecified atom stereocenters. The smallest absolute Gasteiger partial charge is 0.267 e. The molecule has 3 rings (SSSR count). The Bertz CT molecular complexity index is 870. The van der Waals surface area contributed by atoms with Crippen molar-refractivity contribution in [3.63, 3.8) is 0 Å². The number of rotatable bonds is 10. The Morgan fingerprint density at radius 1 is 1.23 bits per heavy atom. The van der Waals surface area contributed by atoms with E-state index < -0.39 is 0 Å². The number of nitrogens with zero attached hydrogens (tertiary/aromatic N) is 2. The van der Waals surface area contributed by atoms with Gasteiger partial charge < -0.3 is 9.47 Å². The van der Waals surface area contributed by atoms with Crippen molar-refractivity contribution in [2.45, 2.75) is 39.3 Å². The quantitative estimate of drug-likeness (QED) is 0.463. The number of carbonyl (C=O) groups is 1. The lowest BCUT2D eigenvalue weighted by Gasteiger charge is -2.20. The minimum Gasteiger partial charge on any atom is -0.493 e. The van der Waals surface area contributed by atoms with Crippen LogP contribution in [0.2, 0.25) is 0 Å². The van der Waals surface area contributed by atoms with Gasteiger partial charge in [-0.3, -0.25) is 14.6 Å². The molecule has 0 radical (unpaired) electrons. The first kappa shape index (κ1) is 22.6. The summed E-state index contributed by atoms with van der Waals surface area (Å²) in [5, 5.41) is 6.36. The summed E-state index contributed by atoms with van der Waals surface area (Å²) in [6.07, 6.45) is 3.39. The van der Waals surface area contributed by atoms with Crippen molar-refractivity contribution in [1.29, 1.82) is 0 Å². The maximum Gasteiger partial charge on any atom is 0.267 e. The summed E-state index contributed by atoms with van der Waals surface area (Å²) < 4.78 is 11.2. The summed E-state index contributed by atoms with van der Waals surface area (Å²) in [4.78, 5) is 17.9. The fraction of sp³-hybridized carbons (Fsp3) is 0.417. The number of ether oxygens (including phenoxy) is 2. The first-order valence-electron chi connectivity index (χ1n) is 10.6. The molecular weight excluding hydrogens is 394 g/mol. The SMILES string of the molecule is COc1ccc(/C=N/N2CCC[C@H]2C(=O)NOCc2ccccc2)cc1OCC(C)C. The van der Waals surface area contributed by atoms with Crippen LogP contribution in [0.1, 0.15) is 37.8 Å². The second-order valence-electron chi connectivity index (χ2n) is 7.92. The van der Waals surface area contributed by atoms with Crippen molar-refractivity contribution < 1.29 is 19.1 Å². The molecule has 0 saturated carbocycles. The average molecular weight is 426 g/mol. The van der Waals surface area contributed by atoms with Crippen LogP contribution in [-0.2, 0) is 16.2 Å². The van der Waals surface area contributed by atoms with E-state index in [0.29, 0.717) is 30.6 Å². The maximum absolute atomic E-state index is 12.6. The second kappa shape index (κ2) is 11.4. The molecular formula is C24H31N3O4. The van der Waals surface area contributed by atoms with Crippen molar-refractivity contribution in [1.82, 2.24) is 10.5 Å². The Balaban J connectivity index is 1.57. The highest BCUT2D eigenvalue weighted by atomic mass is 16.7. The third kappa shape index (κ3) is 6.72. The van der Waals surface area contributed by atoms with Crippen molar-refractivity contribution >= 4 is 12.1 Å². The van der Waals surface area contributed by atoms with E-state index in [1.54, 1.807) is 18.3 Å². The number of hydrazone groups is 1. The van der Waals surface area contributed by atoms with Crippen molar-refractivity contribution in [2.75, 3.05) is 20.3 Å². The summed E-state index contributed by atoms with van der Waals surface area (Å²) in [5.41, 5.74) is 4.44. The number of nitrogens with one attached hydrogen (secondary N) is 1. The third-order valence-corrected chi connectivity index (χ3v) is 4.90. The number of hydroxylamine groups is 1. The van der Waals surface area contributed by atoms with Crippen LogP contribution < -0.4 is 15.0 Å². The molecule has 1 N–H and O–H groups in total. The van der Waals surface area contributed by atoms with E-state index in [2.05, 4.69) is 24.4 Å². The zero-order valence-electron chi connectivity index (χ0n) is 18.4. The Morgan fingerprint density at radius 3 is 2.77 bits per heavy atom. The van der Waals surface area contributed by atoms with Crippen molar-refractivity contribution in [3.05, 3.63) is 59.7 Å². The first-order valence-corrected chi connectivity index (χ1v) is 10.6. The van der Waals surface area contributed by atoms with Gasteiger partial charge in [-0.15, -0.1) is 0 Å². The lowest BCUT2D eigenvalue weighted by Crippen LogP contribution is -2.41. The van der Waals surface area contributed by atoms with Gasteiger partial charge in [-0.25, -0.2) is 5.48 Å². The normalized spacial score (nSPS) is 16.1. The highest BCUT2D eigenvalue weighted by Gasteiger charge is 2.30. The zero-order valence-corrected chi connectivity index (χ0v) is 18.4. The number of hydrogen-bond donors (Lipinski definition) is 1. The van der Waals surface area contributed by atoms with E-state index in [1.165, 1.54) is 0 Å². The molecule has 0 aromatic heterocycles. The second-order valence-corrected chi connectivity index (χ2v) is 7.92. The number of amides is 1. The molecule has 1 aliphatic heterocycles. The van der Waals surface area contributed by atoms with Crippen LogP contribution in [0.5, 0.6) is 11.5 Å². The standard InChI is InChI=1S/C24H31N3O4/c1-18(2)16-30-23-14-20(11-12-22(23)29-3)15-25-27-13-7-10-21(27)24(28)26-31-17-19-8-5-4-6-9-19/h4-6,8-9,11-12,14-15,18,21H,7,10,13,16-17H2,1-3H3,(H,26,28)/b25-15+/t21-/m0/s1. The fourth-order valence-electron chi connectivity index (χ4n) is 3.27. The summed E-state index contributed by atoms with van der Waals surface area (Å²) in [5.74, 6) is 1.60. The molecule has 1 amide bonds. The summed E-state index contributed by atoms with van der Waals surface area (Å²) in [7, 11) is 1.62. The Labute approximate surface area is 183 Å². The van der Waals surface area contributed by atoms with Gasteiger partial charge in [0.25, 0.3) is 5.91 Å². The van der Waals surface area contributed by atoms with E-state index in [4.69, 9.17) is 14.3 Å². The molecule has 1 heterocycles. The molecule has 1 saturated heterocycles. The van der Waals surface area contributed by atoms with Crippen LogP contribution in [-0.4, -0.2) is 43.4 Å². The summed E-state index contributed by atoms with van der Waals surface area (Å²) in [6.45, 7) is 5.85. The van der Waals surface area contributed by atoms with Gasteiger partial charge in [-0.1, -0.05) is 44.2 Å². The highest BCUT2D eigenvalue weighted by Crippen LogP contribution is 2.28. The van der Waals surface area contributed by atoms with Crippen LogP contribution in [0, 0.1) is 5.92 Å². The lowest BCUT2D eigenvalue weighted by molar-refractivity contribution is -0.139. The van der Waals surface area contributed by atoms with Crippen LogP contribution in [0.25, 0.3) is 0 Å². The maximum atomic E-state index is 12.6. The lowest BCUT2D eigenvalue weighted by atomic mass is 10.2. The van der Waals surface area contributed by atoms with E-state index >= 15 is 0 Å². The van der Waals surface area contributed by atoms with Gasteiger partial charge in [-0.05, 0) is 48.1 Å². The first-order chi connectivity index (χ1) is 15.1. The van der Waals surface area contributed by atoms with Crippen LogP contribution in [0.3, 0.4) is 0 Å². The largest absolute Gasteiger partial charge is 0.493 e. The molecule has 0 bridgehead atoms. The molecule has 1 aliphatic rings. The highest BCUT2D eigenvalue weighted by molar-refractivity contribution is 5.83. The van der Waals surface area contributed by atoms with Gasteiger partial charge in [0.2, 0.25) is 0 Å². The molecule has 2 aromatic rings. The van der Waals surface area contributed by atoms with Crippen LogP contribution >= 0.6 is 0 Å². The molecule has 0 aliphatic carbocycles. The molecule has 1 atom stereocenters. The third-order valence-electron chi connectivity index (χ3n) is 4.90. The summed E-state index contributed by atoms with van der Waals surface area (Å²) >= 11 is 0. The van der Waals surface area contributed by atoms with Gasteiger partial charge in [-0.2, -0.15) is 5.10 Å². The zero-order chi connectivity index (χ0) is 22.1. The molecule has 166 valence electrons. The van der Waals surface area contributed by atoms with E-state index in [-0.39, 0.29) is 11.9 Å². The fourth-order valence-corrected chi connectivity index (χ4v) is 3.27. The Morgan fingerprint density at radius 2 is 2.03 bits per heavy atom. The van der Waals surface area contributed by atoms with Gasteiger partial charge in [0.15, 0.2) is 11.5 Å². The number of methoxy groups -OCH3 is 1. The van der Waals surface area contributed by atoms with Gasteiger partial charge in [0, 0.05) is 6.54 Å². The Kier molecular flexibility index (Phi) is 8.29. The number of hydrogen-bond acceptors (Lipinski definition) is 6. The van der Waals surface area contributed by atoms with E-state index in [1.807, 2.05) is 48.5 Å². The van der Waals surface area contributed by atoms with E-state index in [9.17, 15) is 4.79 Å². The van der Waals surface area contributed by atoms with Crippen molar-refractivity contribution in [3.8, 4) is 11.5 Å². The topological polar surface area (TPSA) is 72.4 Å². The molecule has 0 spiro atoms. The van der Waals surface area contributed by atoms with Gasteiger partial charge >= 0.3 is 0 Å². The van der Waals surface area contributed by atoms with Gasteiger partial charge in [0.1, 0.15) is 6.04 Å². The van der Waals surface area contributed by atoms with Crippen molar-refractivity contribution in [2.24, 2.45) is 11.0 Å². The molecule has 2 aromatic carbocycles. The molecule has 7 heteroatoms. The summed E-state index contributed by atoms with van der Waals surface area (Å²) in [6, 6.07) is 15.1. The minimum absolute atomic E-state index is 0.179. The molecule has 31 heavy (non-hydrogen) atoms. The predicted octanol–water partition coefficient (Wildman–Crippen LogP) is 3.78. The number of benzene rings is 2. The van der Waals surface area contributed by atoms with E-state index in [0.717, 1.165) is 30.5 Å². The molecule has 1 fully saturated rings. The Hall–Kier alpha value is -3.06. The minimum atomic E-state index is -0.345. The average Bonchev–Trinajstić information content (AvgIpc) is 3.25. The monoisotopic (exact) mass is 425 g/mol. The predicted molar refractivity (Wildman–Crippen MR) is 120 cm³/mol. The van der Waals surface area contributed by atoms with Crippen LogP contribution in [0.15, 0.2) is 53.6 Å².